The van der Waals surface area contributed by atoms with Crippen molar-refractivity contribution in [2.24, 2.45) is 0 Å². The molecule has 1 amide bonds. The van der Waals surface area contributed by atoms with Gasteiger partial charge in [-0.3, -0.25) is 9.69 Å². The topological polar surface area (TPSA) is 23.6 Å². The molecule has 1 fully saturated rings. The van der Waals surface area contributed by atoms with Crippen LogP contribution in [0.1, 0.15) is 25.8 Å². The van der Waals surface area contributed by atoms with Crippen molar-refractivity contribution < 1.29 is 13.6 Å². The maximum atomic E-state index is 13.3. The lowest BCUT2D eigenvalue weighted by Crippen LogP contribution is -2.32. The number of hydrogen-bond acceptors (Lipinski definition) is 4. The largest absolute Gasteiger partial charge is 0.304 e. The van der Waals surface area contributed by atoms with Gasteiger partial charge in [0.1, 0.15) is 4.32 Å². The molecule has 0 aromatic heterocycles. The quantitative estimate of drug-likeness (QED) is 0.537. The summed E-state index contributed by atoms with van der Waals surface area (Å²) >= 11 is 6.47. The number of carbonyl (C=O) groups excluding carboxylic acids is 1. The summed E-state index contributed by atoms with van der Waals surface area (Å²) in [5.41, 5.74) is 0.442. The van der Waals surface area contributed by atoms with Gasteiger partial charge in [0.05, 0.1) is 4.91 Å². The number of amides is 1. The molecule has 24 heavy (non-hydrogen) atoms. The third-order valence-corrected chi connectivity index (χ3v) is 5.24. The molecule has 0 radical (unpaired) electrons. The van der Waals surface area contributed by atoms with E-state index in [1.165, 1.54) is 17.8 Å². The van der Waals surface area contributed by atoms with E-state index in [9.17, 15) is 13.6 Å². The number of thioether (sulfide) groups is 1. The maximum Gasteiger partial charge on any atom is 0.266 e. The average Bonchev–Trinajstić information content (AvgIpc) is 2.82. The molecular weight excluding hydrogens is 350 g/mol. The van der Waals surface area contributed by atoms with Crippen molar-refractivity contribution in [2.45, 2.75) is 20.3 Å². The van der Waals surface area contributed by atoms with Gasteiger partial charge < -0.3 is 4.90 Å². The summed E-state index contributed by atoms with van der Waals surface area (Å²) in [7, 11) is 0. The highest BCUT2D eigenvalue weighted by Gasteiger charge is 2.31. The Bertz CT molecular complexity index is 660. The molecule has 0 atom stereocenters. The second kappa shape index (κ2) is 8.69. The lowest BCUT2D eigenvalue weighted by atomic mass is 10.2. The molecule has 1 heterocycles. The normalized spacial score (nSPS) is 16.7. The van der Waals surface area contributed by atoms with Crippen LogP contribution in [0.2, 0.25) is 0 Å². The van der Waals surface area contributed by atoms with Crippen LogP contribution in [0.25, 0.3) is 6.08 Å². The molecule has 1 saturated heterocycles. The van der Waals surface area contributed by atoms with E-state index in [2.05, 4.69) is 18.7 Å². The van der Waals surface area contributed by atoms with Gasteiger partial charge in [0.2, 0.25) is 0 Å². The minimum Gasteiger partial charge on any atom is -0.304 e. The predicted molar refractivity (Wildman–Crippen MR) is 98.6 cm³/mol. The lowest BCUT2D eigenvalue weighted by molar-refractivity contribution is -0.122. The van der Waals surface area contributed by atoms with E-state index in [-0.39, 0.29) is 5.91 Å². The zero-order valence-corrected chi connectivity index (χ0v) is 15.4. The van der Waals surface area contributed by atoms with E-state index in [1.54, 1.807) is 11.0 Å². The summed E-state index contributed by atoms with van der Waals surface area (Å²) in [5.74, 6) is -2.01. The van der Waals surface area contributed by atoms with Gasteiger partial charge in [-0.25, -0.2) is 8.78 Å². The van der Waals surface area contributed by atoms with E-state index >= 15 is 0 Å². The highest BCUT2D eigenvalue weighted by Crippen LogP contribution is 2.32. The molecule has 130 valence electrons. The highest BCUT2D eigenvalue weighted by molar-refractivity contribution is 8.26. The molecule has 3 nitrogen and oxygen atoms in total. The molecule has 0 unspecified atom stereocenters. The molecule has 0 bridgehead atoms. The predicted octanol–water partition coefficient (Wildman–Crippen LogP) is 3.90. The van der Waals surface area contributed by atoms with Gasteiger partial charge in [0.25, 0.3) is 5.91 Å². The van der Waals surface area contributed by atoms with Crippen molar-refractivity contribution in [3.05, 3.63) is 40.3 Å². The van der Waals surface area contributed by atoms with Crippen molar-refractivity contribution in [1.29, 1.82) is 0 Å². The first kappa shape index (κ1) is 19.0. The van der Waals surface area contributed by atoms with Crippen molar-refractivity contribution in [3.8, 4) is 0 Å². The number of nitrogens with zero attached hydrogens (tertiary/aromatic N) is 2. The Balaban J connectivity index is 2.02. The summed E-state index contributed by atoms with van der Waals surface area (Å²) in [6.07, 6.45) is 2.39. The van der Waals surface area contributed by atoms with Gasteiger partial charge in [-0.1, -0.05) is 43.9 Å². The van der Waals surface area contributed by atoms with Crippen LogP contribution in [-0.4, -0.2) is 46.2 Å². The molecule has 0 N–H and O–H groups in total. The Morgan fingerprint density at radius 2 is 1.96 bits per heavy atom. The molecule has 0 aliphatic carbocycles. The second-order valence-corrected chi connectivity index (χ2v) is 7.06. The first-order chi connectivity index (χ1) is 11.5. The zero-order valence-electron chi connectivity index (χ0n) is 13.7. The summed E-state index contributed by atoms with van der Waals surface area (Å²) in [4.78, 5) is 16.8. The maximum absolute atomic E-state index is 13.3. The number of benzene rings is 1. The molecule has 1 aromatic rings. The standard InChI is InChI=1S/C17H20F2N2OS2/c1-3-20(4-2)8-5-9-21-16(22)15(24-17(21)23)11-12-6-7-13(18)14(19)10-12/h6-7,10-11H,3-5,8-9H2,1-2H3/b15-11-. The zero-order chi connectivity index (χ0) is 17.7. The third kappa shape index (κ3) is 4.62. The van der Waals surface area contributed by atoms with E-state index < -0.39 is 11.6 Å². The Morgan fingerprint density at radius 3 is 2.58 bits per heavy atom. The van der Waals surface area contributed by atoms with Gasteiger partial charge in [-0.15, -0.1) is 0 Å². The second-order valence-electron chi connectivity index (χ2n) is 5.39. The van der Waals surface area contributed by atoms with E-state index in [4.69, 9.17) is 12.2 Å². The average molecular weight is 370 g/mol. The summed E-state index contributed by atoms with van der Waals surface area (Å²) in [6, 6.07) is 3.56. The van der Waals surface area contributed by atoms with Crippen molar-refractivity contribution in [1.82, 2.24) is 9.80 Å². The van der Waals surface area contributed by atoms with Gasteiger partial charge >= 0.3 is 0 Å². The van der Waals surface area contributed by atoms with Gasteiger partial charge in [-0.05, 0) is 49.8 Å². The molecule has 1 aliphatic heterocycles. The Morgan fingerprint density at radius 1 is 1.25 bits per heavy atom. The Hall–Kier alpha value is -1.31. The monoisotopic (exact) mass is 370 g/mol. The first-order valence-electron chi connectivity index (χ1n) is 7.89. The van der Waals surface area contributed by atoms with Crippen LogP contribution >= 0.6 is 24.0 Å². The minimum atomic E-state index is -0.932. The summed E-state index contributed by atoms with van der Waals surface area (Å²) < 4.78 is 26.8. The number of rotatable bonds is 7. The smallest absolute Gasteiger partial charge is 0.266 e. The van der Waals surface area contributed by atoms with Crippen LogP contribution in [0, 0.1) is 11.6 Å². The molecule has 1 aromatic carbocycles. The third-order valence-electron chi connectivity index (χ3n) is 3.87. The molecule has 0 spiro atoms. The van der Waals surface area contributed by atoms with Crippen LogP contribution in [0.15, 0.2) is 23.1 Å². The van der Waals surface area contributed by atoms with E-state index in [0.717, 1.165) is 38.2 Å². The van der Waals surface area contributed by atoms with Crippen LogP contribution in [0.5, 0.6) is 0 Å². The SMILES string of the molecule is CCN(CC)CCCN1C(=O)/C(=C/c2ccc(F)c(F)c2)SC1=S. The fourth-order valence-corrected chi connectivity index (χ4v) is 3.75. The van der Waals surface area contributed by atoms with Crippen molar-refractivity contribution in [2.75, 3.05) is 26.2 Å². The lowest BCUT2D eigenvalue weighted by Gasteiger charge is -2.20. The van der Waals surface area contributed by atoms with Gasteiger partial charge in [0, 0.05) is 6.54 Å². The van der Waals surface area contributed by atoms with Gasteiger partial charge in [-0.2, -0.15) is 0 Å². The number of halogens is 2. The molecular formula is C17H20F2N2OS2. The number of carbonyl (C=O) groups is 1. The fraction of sp³-hybridized carbons (Fsp3) is 0.412. The summed E-state index contributed by atoms with van der Waals surface area (Å²) in [5, 5.41) is 0. The van der Waals surface area contributed by atoms with Crippen LogP contribution < -0.4 is 0 Å². The Labute approximate surface area is 150 Å². The number of hydrogen-bond donors (Lipinski definition) is 0. The van der Waals surface area contributed by atoms with Gasteiger partial charge in [0.15, 0.2) is 11.6 Å². The molecule has 2 rings (SSSR count). The first-order valence-corrected chi connectivity index (χ1v) is 9.11. The minimum absolute atomic E-state index is 0.172. The van der Waals surface area contributed by atoms with Crippen LogP contribution in [-0.2, 0) is 4.79 Å². The molecule has 1 aliphatic rings. The molecule has 7 heteroatoms. The highest BCUT2D eigenvalue weighted by atomic mass is 32.2. The van der Waals surface area contributed by atoms with E-state index in [0.29, 0.717) is 21.3 Å². The fourth-order valence-electron chi connectivity index (χ4n) is 2.44. The Kier molecular flexibility index (Phi) is 6.89. The van der Waals surface area contributed by atoms with Crippen LogP contribution in [0.4, 0.5) is 8.78 Å². The van der Waals surface area contributed by atoms with Crippen LogP contribution in [0.3, 0.4) is 0 Å². The van der Waals surface area contributed by atoms with Crippen molar-refractivity contribution >= 4 is 40.3 Å². The molecule has 0 saturated carbocycles. The summed E-state index contributed by atoms with van der Waals surface area (Å²) in [6.45, 7) is 7.64. The van der Waals surface area contributed by atoms with E-state index in [1.807, 2.05) is 0 Å². The number of thiocarbonyl (C=S) groups is 1. The van der Waals surface area contributed by atoms with Crippen molar-refractivity contribution in [3.63, 3.8) is 0 Å².